The Kier molecular flexibility index (Phi) is 6.41. The van der Waals surface area contributed by atoms with Gasteiger partial charge in [0.15, 0.2) is 0 Å². The first-order chi connectivity index (χ1) is 16.7. The van der Waals surface area contributed by atoms with Gasteiger partial charge in [-0.05, 0) is 72.3 Å². The van der Waals surface area contributed by atoms with E-state index >= 15 is 0 Å². The maximum Gasteiger partial charge on any atom is 0.213 e. The normalized spacial score (nSPS) is 18.3. The van der Waals surface area contributed by atoms with E-state index in [1.165, 1.54) is 0 Å². The lowest BCUT2D eigenvalue weighted by Crippen LogP contribution is -2.33. The molecule has 2 aliphatic rings. The van der Waals surface area contributed by atoms with Crippen molar-refractivity contribution in [3.8, 4) is 17.2 Å². The van der Waals surface area contributed by atoms with E-state index in [-0.39, 0.29) is 12.3 Å². The van der Waals surface area contributed by atoms with E-state index in [1.54, 1.807) is 12.2 Å². The number of ether oxygens (including phenoxy) is 3. The average Bonchev–Trinajstić information content (AvgIpc) is 3.32. The first kappa shape index (κ1) is 22.3. The summed E-state index contributed by atoms with van der Waals surface area (Å²) in [6.45, 7) is 8.35. The fraction of sp³-hybridized carbons (Fsp3) is 0.179. The van der Waals surface area contributed by atoms with Crippen LogP contribution < -0.4 is 14.2 Å². The lowest BCUT2D eigenvalue weighted by molar-refractivity contribution is -0.0191. The van der Waals surface area contributed by atoms with Gasteiger partial charge in [-0.3, -0.25) is 0 Å². The van der Waals surface area contributed by atoms with Gasteiger partial charge >= 0.3 is 0 Å². The van der Waals surface area contributed by atoms with Crippen molar-refractivity contribution < 1.29 is 14.2 Å². The second-order valence-electron chi connectivity index (χ2n) is 8.09. The molecule has 0 amide bonds. The summed E-state index contributed by atoms with van der Waals surface area (Å²) in [4.78, 5) is 0. The van der Waals surface area contributed by atoms with Crippen LogP contribution in [-0.4, -0.2) is 23.9 Å². The van der Waals surface area contributed by atoms with Gasteiger partial charge in [-0.1, -0.05) is 41.2 Å². The van der Waals surface area contributed by atoms with Gasteiger partial charge in [0, 0.05) is 22.0 Å². The standard InChI is InChI=1S/C28H25BrN2O3/c1-3-15-32-22-10-5-19(6-11-22)25-18-26-24-17-21(29)9-14-27(24)34-28(31(26)30-25)20-7-12-23(13-8-20)33-16-4-2/h3-14,17,26,28H,1-2,15-16,18H2/t26-,28+/m1/s1. The molecule has 5 rings (SSSR count). The largest absolute Gasteiger partial charge is 0.490 e. The molecule has 2 atom stereocenters. The molecule has 0 saturated carbocycles. The number of rotatable bonds is 8. The summed E-state index contributed by atoms with van der Waals surface area (Å²) in [6.07, 6.45) is 3.92. The highest BCUT2D eigenvalue weighted by atomic mass is 79.9. The molecule has 0 fully saturated rings. The second kappa shape index (κ2) is 9.77. The van der Waals surface area contributed by atoms with Crippen LogP contribution in [-0.2, 0) is 0 Å². The molecule has 6 heteroatoms. The molecule has 0 spiro atoms. The average molecular weight is 517 g/mol. The second-order valence-corrected chi connectivity index (χ2v) is 9.01. The van der Waals surface area contributed by atoms with Crippen molar-refractivity contribution >= 4 is 21.6 Å². The molecular formula is C28H25BrN2O3. The maximum atomic E-state index is 6.47. The van der Waals surface area contributed by atoms with Crippen LogP contribution in [0, 0.1) is 0 Å². The third kappa shape index (κ3) is 4.46. The number of hydrogen-bond donors (Lipinski definition) is 0. The van der Waals surface area contributed by atoms with Crippen LogP contribution >= 0.6 is 15.9 Å². The van der Waals surface area contributed by atoms with E-state index in [0.29, 0.717) is 13.2 Å². The number of nitrogens with zero attached hydrogens (tertiary/aromatic N) is 2. The molecule has 2 aliphatic heterocycles. The number of hydrogen-bond acceptors (Lipinski definition) is 5. The van der Waals surface area contributed by atoms with Gasteiger partial charge in [0.25, 0.3) is 0 Å². The van der Waals surface area contributed by atoms with Crippen LogP contribution in [0.15, 0.2) is 102 Å². The Balaban J connectivity index is 1.47. The molecule has 172 valence electrons. The number of halogens is 1. The van der Waals surface area contributed by atoms with E-state index in [4.69, 9.17) is 19.3 Å². The molecule has 3 aromatic rings. The van der Waals surface area contributed by atoms with Crippen molar-refractivity contribution in [1.29, 1.82) is 0 Å². The first-order valence-corrected chi connectivity index (χ1v) is 12.0. The Labute approximate surface area is 208 Å². The summed E-state index contributed by atoms with van der Waals surface area (Å²) in [5, 5.41) is 7.11. The van der Waals surface area contributed by atoms with Crippen LogP contribution in [0.1, 0.15) is 35.4 Å². The van der Waals surface area contributed by atoms with Gasteiger partial charge in [0.05, 0.1) is 11.8 Å². The van der Waals surface area contributed by atoms with Crippen molar-refractivity contribution in [2.24, 2.45) is 5.10 Å². The number of hydrazone groups is 1. The third-order valence-electron chi connectivity index (χ3n) is 5.84. The summed E-state index contributed by atoms with van der Waals surface area (Å²) in [5.74, 6) is 2.49. The Morgan fingerprint density at radius 1 is 0.941 bits per heavy atom. The van der Waals surface area contributed by atoms with E-state index in [1.807, 2.05) is 48.5 Å². The van der Waals surface area contributed by atoms with Crippen LogP contribution in [0.2, 0.25) is 0 Å². The third-order valence-corrected chi connectivity index (χ3v) is 6.33. The Hall–Kier alpha value is -3.51. The highest BCUT2D eigenvalue weighted by Crippen LogP contribution is 2.48. The van der Waals surface area contributed by atoms with Crippen molar-refractivity contribution in [3.05, 3.63) is 113 Å². The Morgan fingerprint density at radius 3 is 2.24 bits per heavy atom. The van der Waals surface area contributed by atoms with Crippen LogP contribution in [0.5, 0.6) is 17.2 Å². The highest BCUT2D eigenvalue weighted by molar-refractivity contribution is 9.10. The quantitative estimate of drug-likeness (QED) is 0.308. The van der Waals surface area contributed by atoms with Gasteiger partial charge in [-0.25, -0.2) is 5.01 Å². The van der Waals surface area contributed by atoms with Crippen LogP contribution in [0.25, 0.3) is 0 Å². The predicted molar refractivity (Wildman–Crippen MR) is 138 cm³/mol. The molecule has 3 aromatic carbocycles. The maximum absolute atomic E-state index is 6.47. The minimum absolute atomic E-state index is 0.0784. The predicted octanol–water partition coefficient (Wildman–Crippen LogP) is 6.82. The topological polar surface area (TPSA) is 43.3 Å². The van der Waals surface area contributed by atoms with E-state index in [2.05, 4.69) is 52.3 Å². The Morgan fingerprint density at radius 2 is 1.59 bits per heavy atom. The van der Waals surface area contributed by atoms with Gasteiger partial charge in [-0.2, -0.15) is 5.10 Å². The highest BCUT2D eigenvalue weighted by Gasteiger charge is 2.41. The van der Waals surface area contributed by atoms with Crippen LogP contribution in [0.3, 0.4) is 0 Å². The van der Waals surface area contributed by atoms with Crippen molar-refractivity contribution in [3.63, 3.8) is 0 Å². The van der Waals surface area contributed by atoms with E-state index in [9.17, 15) is 0 Å². The van der Waals surface area contributed by atoms with Gasteiger partial charge in [0.2, 0.25) is 6.23 Å². The molecule has 0 bridgehead atoms. The zero-order valence-corrected chi connectivity index (χ0v) is 20.3. The smallest absolute Gasteiger partial charge is 0.213 e. The zero-order valence-electron chi connectivity index (χ0n) is 18.7. The lowest BCUT2D eigenvalue weighted by Gasteiger charge is -2.38. The molecule has 0 aromatic heterocycles. The molecule has 0 aliphatic carbocycles. The molecule has 2 heterocycles. The summed E-state index contributed by atoms with van der Waals surface area (Å²) < 4.78 is 18.8. The fourth-order valence-corrected chi connectivity index (χ4v) is 4.61. The molecule has 5 nitrogen and oxygen atoms in total. The monoisotopic (exact) mass is 516 g/mol. The lowest BCUT2D eigenvalue weighted by atomic mass is 9.96. The van der Waals surface area contributed by atoms with Crippen molar-refractivity contribution in [2.45, 2.75) is 18.7 Å². The van der Waals surface area contributed by atoms with Gasteiger partial charge in [0.1, 0.15) is 30.5 Å². The van der Waals surface area contributed by atoms with E-state index < -0.39 is 0 Å². The molecular weight excluding hydrogens is 492 g/mol. The zero-order chi connectivity index (χ0) is 23.5. The minimum atomic E-state index is -0.333. The number of benzene rings is 3. The van der Waals surface area contributed by atoms with Crippen molar-refractivity contribution in [2.75, 3.05) is 13.2 Å². The number of fused-ring (bicyclic) bond motifs is 3. The van der Waals surface area contributed by atoms with Crippen molar-refractivity contribution in [1.82, 2.24) is 5.01 Å². The SMILES string of the molecule is C=CCOc1ccc(C2=NN3[C@H](C2)c2cc(Br)ccc2O[C@H]3c2ccc(OCC=C)cc2)cc1. The molecule has 0 N–H and O–H groups in total. The van der Waals surface area contributed by atoms with E-state index in [0.717, 1.165) is 50.5 Å². The molecule has 34 heavy (non-hydrogen) atoms. The fourth-order valence-electron chi connectivity index (χ4n) is 4.24. The van der Waals surface area contributed by atoms with Gasteiger partial charge < -0.3 is 14.2 Å². The minimum Gasteiger partial charge on any atom is -0.490 e. The summed E-state index contributed by atoms with van der Waals surface area (Å²) in [5.41, 5.74) is 4.24. The first-order valence-electron chi connectivity index (χ1n) is 11.2. The summed E-state index contributed by atoms with van der Waals surface area (Å²) in [6, 6.07) is 22.3. The summed E-state index contributed by atoms with van der Waals surface area (Å²) >= 11 is 3.61. The molecule has 0 unspecified atom stereocenters. The Bertz CT molecular complexity index is 1220. The molecule has 0 saturated heterocycles. The van der Waals surface area contributed by atoms with Crippen LogP contribution in [0.4, 0.5) is 0 Å². The molecule has 0 radical (unpaired) electrons. The van der Waals surface area contributed by atoms with Gasteiger partial charge in [-0.15, -0.1) is 0 Å². The summed E-state index contributed by atoms with van der Waals surface area (Å²) in [7, 11) is 0.